The van der Waals surface area contributed by atoms with Crippen LogP contribution in [0.1, 0.15) is 0 Å². The molecule has 0 saturated heterocycles. The lowest BCUT2D eigenvalue weighted by Crippen LogP contribution is -1.94. The van der Waals surface area contributed by atoms with Crippen LogP contribution in [-0.2, 0) is 0 Å². The fraction of sp³-hybridized carbons (Fsp3) is 0.250. The van der Waals surface area contributed by atoms with Crippen molar-refractivity contribution in [2.75, 3.05) is 35.5 Å². The third-order valence-corrected chi connectivity index (χ3v) is 4.97. The van der Waals surface area contributed by atoms with E-state index in [1.54, 1.807) is 41.6 Å². The Morgan fingerprint density at radius 3 is 2.07 bits per heavy atom. The van der Waals surface area contributed by atoms with Crippen molar-refractivity contribution < 1.29 is 23.7 Å². The third-order valence-electron chi connectivity index (χ3n) is 4.14. The molecular formula is C20H21NO5S. The van der Waals surface area contributed by atoms with Gasteiger partial charge in [0, 0.05) is 17.2 Å². The van der Waals surface area contributed by atoms with Crippen LogP contribution in [-0.4, -0.2) is 39.9 Å². The lowest BCUT2D eigenvalue weighted by molar-refractivity contribution is 0.350. The summed E-state index contributed by atoms with van der Waals surface area (Å²) >= 11 is 1.38. The van der Waals surface area contributed by atoms with Crippen LogP contribution < -0.4 is 23.7 Å². The van der Waals surface area contributed by atoms with Crippen LogP contribution in [0.15, 0.2) is 36.4 Å². The minimum Gasteiger partial charge on any atom is -0.497 e. The highest BCUT2D eigenvalue weighted by molar-refractivity contribution is 7.09. The van der Waals surface area contributed by atoms with Crippen LogP contribution in [0.5, 0.6) is 28.7 Å². The zero-order chi connectivity index (χ0) is 19.4. The molecule has 0 aliphatic rings. The lowest BCUT2D eigenvalue weighted by Gasteiger charge is -2.13. The first kappa shape index (κ1) is 18.8. The van der Waals surface area contributed by atoms with Gasteiger partial charge in [-0.25, -0.2) is 0 Å². The van der Waals surface area contributed by atoms with Gasteiger partial charge in [-0.2, -0.15) is 4.37 Å². The summed E-state index contributed by atoms with van der Waals surface area (Å²) in [6.07, 6.45) is 0. The molecule has 3 rings (SSSR count). The van der Waals surface area contributed by atoms with E-state index >= 15 is 0 Å². The Morgan fingerprint density at radius 1 is 0.704 bits per heavy atom. The maximum absolute atomic E-state index is 5.56. The molecule has 0 radical (unpaired) electrons. The average molecular weight is 387 g/mol. The fourth-order valence-electron chi connectivity index (χ4n) is 2.77. The first-order valence-electron chi connectivity index (χ1n) is 8.14. The maximum Gasteiger partial charge on any atom is 0.169 e. The molecule has 0 amide bonds. The van der Waals surface area contributed by atoms with Gasteiger partial charge in [0.1, 0.15) is 5.75 Å². The Kier molecular flexibility index (Phi) is 5.71. The summed E-state index contributed by atoms with van der Waals surface area (Å²) in [5.74, 6) is 3.26. The van der Waals surface area contributed by atoms with Gasteiger partial charge in [0.25, 0.3) is 0 Å². The van der Waals surface area contributed by atoms with Gasteiger partial charge in [0.15, 0.2) is 23.0 Å². The number of methoxy groups -OCH3 is 5. The van der Waals surface area contributed by atoms with E-state index in [4.69, 9.17) is 23.7 Å². The van der Waals surface area contributed by atoms with Gasteiger partial charge in [-0.3, -0.25) is 0 Å². The summed E-state index contributed by atoms with van der Waals surface area (Å²) in [6.45, 7) is 0. The third kappa shape index (κ3) is 3.64. The minimum atomic E-state index is 0.605. The molecule has 0 aliphatic heterocycles. The Bertz CT molecular complexity index is 938. The van der Waals surface area contributed by atoms with Crippen molar-refractivity contribution in [3.05, 3.63) is 36.4 Å². The largest absolute Gasteiger partial charge is 0.497 e. The van der Waals surface area contributed by atoms with E-state index in [2.05, 4.69) is 4.37 Å². The van der Waals surface area contributed by atoms with E-state index in [0.717, 1.165) is 21.7 Å². The molecule has 1 aromatic heterocycles. The number of nitrogens with zero attached hydrogens (tertiary/aromatic N) is 1. The van der Waals surface area contributed by atoms with Crippen LogP contribution >= 0.6 is 11.5 Å². The zero-order valence-electron chi connectivity index (χ0n) is 15.9. The molecule has 0 N–H and O–H groups in total. The molecule has 27 heavy (non-hydrogen) atoms. The second kappa shape index (κ2) is 8.18. The topological polar surface area (TPSA) is 59.0 Å². The molecule has 0 atom stereocenters. The molecule has 0 bridgehead atoms. The molecule has 0 fully saturated rings. The molecule has 1 heterocycles. The van der Waals surface area contributed by atoms with Gasteiger partial charge < -0.3 is 23.7 Å². The summed E-state index contributed by atoms with van der Waals surface area (Å²) in [5, 5.41) is 0. The Balaban J connectivity index is 2.06. The standard InChI is InChI=1S/C20H21NO5S/c1-22-13-9-14(20(26-5)18(10-13)25-4)19-11-15(21-27-19)12-6-7-16(23-2)17(8-12)24-3/h6-11H,1-5H3. The first-order valence-corrected chi connectivity index (χ1v) is 8.92. The van der Waals surface area contributed by atoms with Crippen LogP contribution in [0.25, 0.3) is 21.7 Å². The van der Waals surface area contributed by atoms with Crippen LogP contribution in [0.2, 0.25) is 0 Å². The minimum absolute atomic E-state index is 0.605. The van der Waals surface area contributed by atoms with Gasteiger partial charge in [-0.05, 0) is 41.9 Å². The molecule has 142 valence electrons. The number of hydrogen-bond donors (Lipinski definition) is 0. The number of rotatable bonds is 7. The summed E-state index contributed by atoms with van der Waals surface area (Å²) in [5.41, 5.74) is 2.63. The van der Waals surface area contributed by atoms with Gasteiger partial charge in [0.05, 0.1) is 46.1 Å². The van der Waals surface area contributed by atoms with Crippen LogP contribution in [0.4, 0.5) is 0 Å². The summed E-state index contributed by atoms with van der Waals surface area (Å²) in [6, 6.07) is 11.4. The van der Waals surface area contributed by atoms with E-state index in [0.29, 0.717) is 28.7 Å². The maximum atomic E-state index is 5.56. The van der Waals surface area contributed by atoms with Crippen molar-refractivity contribution in [1.82, 2.24) is 4.37 Å². The second-order valence-electron chi connectivity index (χ2n) is 5.56. The molecule has 0 saturated carbocycles. The lowest BCUT2D eigenvalue weighted by atomic mass is 10.1. The molecule has 6 nitrogen and oxygen atoms in total. The molecule has 0 spiro atoms. The molecule has 7 heteroatoms. The van der Waals surface area contributed by atoms with Crippen molar-refractivity contribution in [3.8, 4) is 50.4 Å². The second-order valence-corrected chi connectivity index (χ2v) is 6.36. The summed E-state index contributed by atoms with van der Waals surface area (Å²) in [4.78, 5) is 0.939. The van der Waals surface area contributed by atoms with E-state index in [1.165, 1.54) is 11.5 Å². The quantitative estimate of drug-likeness (QED) is 0.594. The van der Waals surface area contributed by atoms with Gasteiger partial charge in [-0.1, -0.05) is 0 Å². The molecule has 2 aromatic carbocycles. The Labute approximate surface area is 162 Å². The number of ether oxygens (including phenoxy) is 5. The Hall–Kier alpha value is -2.93. The molecular weight excluding hydrogens is 366 g/mol. The van der Waals surface area contributed by atoms with Crippen LogP contribution in [0.3, 0.4) is 0 Å². The highest BCUT2D eigenvalue weighted by Crippen LogP contribution is 2.44. The highest BCUT2D eigenvalue weighted by atomic mass is 32.1. The monoisotopic (exact) mass is 387 g/mol. The number of aromatic nitrogens is 1. The van der Waals surface area contributed by atoms with Gasteiger partial charge in [-0.15, -0.1) is 0 Å². The summed E-state index contributed by atoms with van der Waals surface area (Å²) in [7, 11) is 8.06. The van der Waals surface area contributed by atoms with Crippen molar-refractivity contribution in [1.29, 1.82) is 0 Å². The first-order chi connectivity index (χ1) is 13.1. The fourth-order valence-corrected chi connectivity index (χ4v) is 3.54. The van der Waals surface area contributed by atoms with E-state index in [9.17, 15) is 0 Å². The van der Waals surface area contributed by atoms with E-state index in [-0.39, 0.29) is 0 Å². The van der Waals surface area contributed by atoms with Crippen molar-refractivity contribution >= 4 is 11.5 Å². The normalized spacial score (nSPS) is 10.4. The molecule has 0 unspecified atom stereocenters. The van der Waals surface area contributed by atoms with E-state index < -0.39 is 0 Å². The van der Waals surface area contributed by atoms with Crippen molar-refractivity contribution in [2.45, 2.75) is 0 Å². The van der Waals surface area contributed by atoms with Crippen molar-refractivity contribution in [2.24, 2.45) is 0 Å². The molecule has 0 aliphatic carbocycles. The smallest absolute Gasteiger partial charge is 0.169 e. The predicted octanol–water partition coefficient (Wildman–Crippen LogP) is 4.52. The predicted molar refractivity (Wildman–Crippen MR) is 106 cm³/mol. The Morgan fingerprint density at radius 2 is 1.44 bits per heavy atom. The van der Waals surface area contributed by atoms with Crippen molar-refractivity contribution in [3.63, 3.8) is 0 Å². The highest BCUT2D eigenvalue weighted by Gasteiger charge is 2.18. The average Bonchev–Trinajstić information content (AvgIpc) is 3.22. The van der Waals surface area contributed by atoms with Gasteiger partial charge in [0.2, 0.25) is 0 Å². The SMILES string of the molecule is COc1cc(OC)c(OC)c(-c2cc(-c3ccc(OC)c(OC)c3)ns2)c1. The van der Waals surface area contributed by atoms with Gasteiger partial charge >= 0.3 is 0 Å². The van der Waals surface area contributed by atoms with E-state index in [1.807, 2.05) is 30.3 Å². The zero-order valence-corrected chi connectivity index (χ0v) is 16.7. The number of benzene rings is 2. The molecule has 3 aromatic rings. The number of hydrogen-bond acceptors (Lipinski definition) is 7. The van der Waals surface area contributed by atoms with Crippen LogP contribution in [0, 0.1) is 0 Å². The summed E-state index contributed by atoms with van der Waals surface area (Å²) < 4.78 is 31.7.